The quantitative estimate of drug-likeness (QED) is 0.685. The van der Waals surface area contributed by atoms with Gasteiger partial charge in [0.05, 0.1) is 0 Å². The Balaban J connectivity index is 2.17. The van der Waals surface area contributed by atoms with Crippen molar-refractivity contribution >= 4 is 5.76 Å². The zero-order valence-electron chi connectivity index (χ0n) is 6.79. The van der Waals surface area contributed by atoms with Gasteiger partial charge in [-0.3, -0.25) is 0 Å². The normalized spacial score (nSPS) is 17.3. The van der Waals surface area contributed by atoms with Crippen molar-refractivity contribution in [1.82, 2.24) is 5.16 Å². The molecule has 0 aliphatic heterocycles. The summed E-state index contributed by atoms with van der Waals surface area (Å²) >= 11 is 0. The molecule has 3 heteroatoms. The fraction of sp³-hybridized carbons (Fsp3) is 0.444. The van der Waals surface area contributed by atoms with E-state index in [0.29, 0.717) is 11.6 Å². The van der Waals surface area contributed by atoms with E-state index >= 15 is 0 Å². The number of hydrogen-bond acceptors (Lipinski definition) is 3. The highest BCUT2D eigenvalue weighted by molar-refractivity contribution is 5.51. The minimum Gasteiger partial charge on any atom is -0.506 e. The molecule has 64 valence electrons. The van der Waals surface area contributed by atoms with Crippen LogP contribution in [0.4, 0.5) is 0 Å². The molecule has 0 radical (unpaired) electrons. The fourth-order valence-electron chi connectivity index (χ4n) is 1.31. The van der Waals surface area contributed by atoms with Crippen LogP contribution in [0.2, 0.25) is 0 Å². The number of aliphatic hydroxyl groups is 1. The van der Waals surface area contributed by atoms with Gasteiger partial charge in [0.1, 0.15) is 17.2 Å². The van der Waals surface area contributed by atoms with Crippen LogP contribution in [-0.4, -0.2) is 10.3 Å². The van der Waals surface area contributed by atoms with Crippen molar-refractivity contribution in [3.8, 4) is 0 Å². The topological polar surface area (TPSA) is 46.3 Å². The molecule has 1 aliphatic rings. The van der Waals surface area contributed by atoms with E-state index in [0.717, 1.165) is 5.76 Å². The minimum absolute atomic E-state index is 0.0238. The van der Waals surface area contributed by atoms with Gasteiger partial charge in [-0.2, -0.15) is 0 Å². The Bertz CT molecular complexity index is 299. The Labute approximate surface area is 70.7 Å². The molecule has 12 heavy (non-hydrogen) atoms. The van der Waals surface area contributed by atoms with Crippen LogP contribution >= 0.6 is 0 Å². The summed E-state index contributed by atoms with van der Waals surface area (Å²) in [5.74, 6) is 1.38. The second kappa shape index (κ2) is 2.66. The number of rotatable bonds is 2. The van der Waals surface area contributed by atoms with E-state index in [1.807, 2.05) is 0 Å². The standard InChI is InChI=1S/C9H11NO2/c1-6(11)8-5-9(12-10-8)7-3-2-4-7/h5,7,11H,1-4H2. The molecule has 2 rings (SSSR count). The van der Waals surface area contributed by atoms with Crippen LogP contribution in [0.3, 0.4) is 0 Å². The molecule has 0 amide bonds. The maximum Gasteiger partial charge on any atom is 0.147 e. The fourth-order valence-corrected chi connectivity index (χ4v) is 1.31. The van der Waals surface area contributed by atoms with E-state index < -0.39 is 0 Å². The second-order valence-corrected chi connectivity index (χ2v) is 3.19. The molecule has 1 aromatic heterocycles. The molecule has 3 nitrogen and oxygen atoms in total. The van der Waals surface area contributed by atoms with Gasteiger partial charge in [-0.15, -0.1) is 0 Å². The smallest absolute Gasteiger partial charge is 0.147 e. The Kier molecular flexibility index (Phi) is 1.64. The van der Waals surface area contributed by atoms with Gasteiger partial charge in [0.2, 0.25) is 0 Å². The summed E-state index contributed by atoms with van der Waals surface area (Å²) in [6.07, 6.45) is 3.61. The van der Waals surface area contributed by atoms with Crippen molar-refractivity contribution in [3.63, 3.8) is 0 Å². The lowest BCUT2D eigenvalue weighted by atomic mass is 9.83. The van der Waals surface area contributed by atoms with Crippen LogP contribution in [0.1, 0.15) is 36.6 Å². The summed E-state index contributed by atoms with van der Waals surface area (Å²) in [6, 6.07) is 1.77. The summed E-state index contributed by atoms with van der Waals surface area (Å²) in [5, 5.41) is 12.7. The molecule has 1 aliphatic carbocycles. The highest BCUT2D eigenvalue weighted by Crippen LogP contribution is 2.36. The van der Waals surface area contributed by atoms with Gasteiger partial charge < -0.3 is 9.63 Å². The molecular weight excluding hydrogens is 154 g/mol. The highest BCUT2D eigenvalue weighted by atomic mass is 16.5. The largest absolute Gasteiger partial charge is 0.506 e. The molecular formula is C9H11NO2. The van der Waals surface area contributed by atoms with Gasteiger partial charge in [0, 0.05) is 12.0 Å². The van der Waals surface area contributed by atoms with E-state index in [9.17, 15) is 0 Å². The minimum atomic E-state index is -0.0238. The molecule has 1 saturated carbocycles. The highest BCUT2D eigenvalue weighted by Gasteiger charge is 2.23. The Hall–Kier alpha value is -1.25. The third-order valence-electron chi connectivity index (χ3n) is 2.33. The van der Waals surface area contributed by atoms with Crippen LogP contribution in [0.15, 0.2) is 17.2 Å². The van der Waals surface area contributed by atoms with Gasteiger partial charge in [-0.05, 0) is 12.8 Å². The summed E-state index contributed by atoms with van der Waals surface area (Å²) in [4.78, 5) is 0. The molecule has 0 saturated heterocycles. The van der Waals surface area contributed by atoms with Crippen LogP contribution in [-0.2, 0) is 0 Å². The molecule has 1 aromatic rings. The van der Waals surface area contributed by atoms with Crippen LogP contribution < -0.4 is 0 Å². The molecule has 0 bridgehead atoms. The summed E-state index contributed by atoms with van der Waals surface area (Å²) in [5.41, 5.74) is 0.455. The molecule has 0 aromatic carbocycles. The summed E-state index contributed by atoms with van der Waals surface area (Å²) < 4.78 is 5.06. The van der Waals surface area contributed by atoms with Crippen LogP contribution in [0, 0.1) is 0 Å². The monoisotopic (exact) mass is 165 g/mol. The lowest BCUT2D eigenvalue weighted by Gasteiger charge is -2.21. The van der Waals surface area contributed by atoms with Crippen molar-refractivity contribution in [2.75, 3.05) is 0 Å². The molecule has 0 atom stereocenters. The van der Waals surface area contributed by atoms with Crippen molar-refractivity contribution in [2.24, 2.45) is 0 Å². The van der Waals surface area contributed by atoms with Gasteiger partial charge in [0.15, 0.2) is 0 Å². The average molecular weight is 165 g/mol. The molecule has 1 fully saturated rings. The Morgan fingerprint density at radius 2 is 2.42 bits per heavy atom. The summed E-state index contributed by atoms with van der Waals surface area (Å²) in [6.45, 7) is 3.37. The van der Waals surface area contributed by atoms with Gasteiger partial charge in [-0.25, -0.2) is 0 Å². The molecule has 1 N–H and O–H groups in total. The predicted molar refractivity (Wildman–Crippen MR) is 44.8 cm³/mol. The van der Waals surface area contributed by atoms with Crippen LogP contribution in [0.5, 0.6) is 0 Å². The molecule has 1 heterocycles. The Morgan fingerprint density at radius 3 is 2.83 bits per heavy atom. The lowest BCUT2D eigenvalue weighted by molar-refractivity contribution is 0.299. The van der Waals surface area contributed by atoms with Gasteiger partial charge in [0.25, 0.3) is 0 Å². The van der Waals surface area contributed by atoms with E-state index in [1.54, 1.807) is 6.07 Å². The summed E-state index contributed by atoms with van der Waals surface area (Å²) in [7, 11) is 0. The zero-order chi connectivity index (χ0) is 8.55. The predicted octanol–water partition coefficient (Wildman–Crippen LogP) is 2.47. The van der Waals surface area contributed by atoms with Crippen molar-refractivity contribution in [3.05, 3.63) is 24.1 Å². The number of aromatic nitrogens is 1. The van der Waals surface area contributed by atoms with E-state index in [2.05, 4.69) is 11.7 Å². The van der Waals surface area contributed by atoms with Gasteiger partial charge in [-0.1, -0.05) is 18.2 Å². The van der Waals surface area contributed by atoms with Crippen LogP contribution in [0.25, 0.3) is 5.76 Å². The van der Waals surface area contributed by atoms with Crippen molar-refractivity contribution in [1.29, 1.82) is 0 Å². The van der Waals surface area contributed by atoms with Gasteiger partial charge >= 0.3 is 0 Å². The third-order valence-corrected chi connectivity index (χ3v) is 2.33. The number of aliphatic hydroxyl groups excluding tert-OH is 1. The van der Waals surface area contributed by atoms with E-state index in [4.69, 9.17) is 9.63 Å². The van der Waals surface area contributed by atoms with Crippen molar-refractivity contribution < 1.29 is 9.63 Å². The molecule has 0 spiro atoms. The second-order valence-electron chi connectivity index (χ2n) is 3.19. The first-order valence-corrected chi connectivity index (χ1v) is 4.12. The maximum atomic E-state index is 8.99. The molecule has 0 unspecified atom stereocenters. The maximum absolute atomic E-state index is 8.99. The van der Waals surface area contributed by atoms with E-state index in [-0.39, 0.29) is 5.76 Å². The first-order valence-electron chi connectivity index (χ1n) is 4.12. The average Bonchev–Trinajstić information content (AvgIpc) is 2.32. The Morgan fingerprint density at radius 1 is 1.67 bits per heavy atom. The third kappa shape index (κ3) is 1.11. The van der Waals surface area contributed by atoms with E-state index in [1.165, 1.54) is 19.3 Å². The first-order chi connectivity index (χ1) is 5.77. The SMILES string of the molecule is C=C(O)c1cc(C2CCC2)on1. The number of nitrogens with zero attached hydrogens (tertiary/aromatic N) is 1. The number of hydrogen-bond donors (Lipinski definition) is 1. The zero-order valence-corrected chi connectivity index (χ0v) is 6.79. The first kappa shape index (κ1) is 7.40. The van der Waals surface area contributed by atoms with Crippen molar-refractivity contribution in [2.45, 2.75) is 25.2 Å². The lowest BCUT2D eigenvalue weighted by Crippen LogP contribution is -2.07.